The molecule has 0 aromatic heterocycles. The zero-order chi connectivity index (χ0) is 17.6. The van der Waals surface area contributed by atoms with Gasteiger partial charge in [-0.25, -0.2) is 4.79 Å². The number of benzene rings is 1. The van der Waals surface area contributed by atoms with Crippen LogP contribution in [0.3, 0.4) is 0 Å². The van der Waals surface area contributed by atoms with E-state index in [0.29, 0.717) is 12.5 Å². The van der Waals surface area contributed by atoms with Gasteiger partial charge in [-0.3, -0.25) is 0 Å². The molecule has 2 aliphatic heterocycles. The average molecular weight is 347 g/mol. The van der Waals surface area contributed by atoms with E-state index in [-0.39, 0.29) is 18.9 Å². The van der Waals surface area contributed by atoms with Crippen LogP contribution in [0.25, 0.3) is 0 Å². The van der Waals surface area contributed by atoms with E-state index >= 15 is 0 Å². The average Bonchev–Trinajstić information content (AvgIpc) is 3.04. The summed E-state index contributed by atoms with van der Waals surface area (Å²) in [6.07, 6.45) is 2.83. The first-order chi connectivity index (χ1) is 12.1. The molecule has 3 rings (SSSR count). The third-order valence-corrected chi connectivity index (χ3v) is 4.68. The minimum Gasteiger partial charge on any atom is -0.454 e. The molecule has 2 N–H and O–H groups in total. The van der Waals surface area contributed by atoms with Crippen molar-refractivity contribution in [1.82, 2.24) is 15.5 Å². The van der Waals surface area contributed by atoms with E-state index in [1.807, 2.05) is 18.2 Å². The van der Waals surface area contributed by atoms with Crippen LogP contribution in [0.5, 0.6) is 11.5 Å². The number of hydrogen-bond acceptors (Lipinski definition) is 4. The van der Waals surface area contributed by atoms with Crippen molar-refractivity contribution in [3.63, 3.8) is 0 Å². The Morgan fingerprint density at radius 2 is 2.00 bits per heavy atom. The molecule has 0 aliphatic carbocycles. The van der Waals surface area contributed by atoms with Crippen molar-refractivity contribution in [2.75, 3.05) is 33.0 Å². The monoisotopic (exact) mass is 347 g/mol. The highest BCUT2D eigenvalue weighted by atomic mass is 16.7. The van der Waals surface area contributed by atoms with Crippen molar-refractivity contribution in [3.05, 3.63) is 23.8 Å². The molecule has 138 valence electrons. The van der Waals surface area contributed by atoms with Crippen molar-refractivity contribution in [3.8, 4) is 11.5 Å². The van der Waals surface area contributed by atoms with Crippen LogP contribution >= 0.6 is 0 Å². The van der Waals surface area contributed by atoms with Gasteiger partial charge in [-0.1, -0.05) is 19.9 Å². The van der Waals surface area contributed by atoms with Crippen LogP contribution in [0, 0.1) is 5.92 Å². The fraction of sp³-hybridized carbons (Fsp3) is 0.632. The van der Waals surface area contributed by atoms with Gasteiger partial charge in [-0.2, -0.15) is 0 Å². The first-order valence-corrected chi connectivity index (χ1v) is 9.25. The number of hydrogen-bond donors (Lipinski definition) is 2. The number of carbonyl (C=O) groups is 1. The van der Waals surface area contributed by atoms with Crippen LogP contribution < -0.4 is 20.1 Å². The van der Waals surface area contributed by atoms with Crippen LogP contribution in [0.4, 0.5) is 4.79 Å². The molecule has 6 nitrogen and oxygen atoms in total. The highest BCUT2D eigenvalue weighted by Gasteiger charge is 2.20. The highest BCUT2D eigenvalue weighted by molar-refractivity contribution is 5.74. The van der Waals surface area contributed by atoms with Crippen LogP contribution in [0.1, 0.15) is 32.3 Å². The minimum absolute atomic E-state index is 0.0666. The quantitative estimate of drug-likeness (QED) is 0.829. The van der Waals surface area contributed by atoms with Gasteiger partial charge in [0.05, 0.1) is 0 Å². The van der Waals surface area contributed by atoms with Gasteiger partial charge in [0.1, 0.15) is 0 Å². The van der Waals surface area contributed by atoms with Crippen molar-refractivity contribution in [2.24, 2.45) is 5.92 Å². The van der Waals surface area contributed by atoms with Gasteiger partial charge in [0.2, 0.25) is 6.79 Å². The van der Waals surface area contributed by atoms with E-state index in [1.54, 1.807) is 0 Å². The molecule has 6 heteroatoms. The molecule has 25 heavy (non-hydrogen) atoms. The largest absolute Gasteiger partial charge is 0.454 e. The molecule has 0 unspecified atom stereocenters. The predicted molar refractivity (Wildman–Crippen MR) is 97.1 cm³/mol. The Bertz CT molecular complexity index is 583. The minimum atomic E-state index is -0.0666. The van der Waals surface area contributed by atoms with Gasteiger partial charge in [0, 0.05) is 32.2 Å². The number of ether oxygens (including phenoxy) is 2. The lowest BCUT2D eigenvalue weighted by molar-refractivity contribution is 0.174. The normalized spacial score (nSPS) is 17.7. The Morgan fingerprint density at radius 3 is 2.76 bits per heavy atom. The number of carbonyl (C=O) groups excluding carboxylic acids is 1. The third-order valence-electron chi connectivity index (χ3n) is 4.68. The summed E-state index contributed by atoms with van der Waals surface area (Å²) < 4.78 is 10.7. The lowest BCUT2D eigenvalue weighted by atomic mass is 10.0. The molecule has 0 saturated carbocycles. The Balaban J connectivity index is 1.33. The van der Waals surface area contributed by atoms with Crippen molar-refractivity contribution in [2.45, 2.75) is 39.2 Å². The number of rotatable bonds is 6. The van der Waals surface area contributed by atoms with Crippen LogP contribution in [0.15, 0.2) is 18.2 Å². The van der Waals surface area contributed by atoms with E-state index in [1.165, 1.54) is 0 Å². The lowest BCUT2D eigenvalue weighted by Gasteiger charge is -2.33. The van der Waals surface area contributed by atoms with E-state index in [2.05, 4.69) is 29.4 Å². The lowest BCUT2D eigenvalue weighted by Crippen LogP contribution is -2.48. The molecule has 0 radical (unpaired) electrons. The maximum Gasteiger partial charge on any atom is 0.315 e. The molecule has 0 atom stereocenters. The van der Waals surface area contributed by atoms with Gasteiger partial charge < -0.3 is 25.0 Å². The van der Waals surface area contributed by atoms with Crippen LogP contribution in [-0.4, -0.2) is 49.9 Å². The molecular weight excluding hydrogens is 318 g/mol. The van der Waals surface area contributed by atoms with E-state index < -0.39 is 0 Å². The summed E-state index contributed by atoms with van der Waals surface area (Å²) in [4.78, 5) is 14.6. The van der Waals surface area contributed by atoms with Gasteiger partial charge in [0.15, 0.2) is 11.5 Å². The van der Waals surface area contributed by atoms with Crippen molar-refractivity contribution in [1.29, 1.82) is 0 Å². The summed E-state index contributed by atoms with van der Waals surface area (Å²) in [7, 11) is 0. The maximum atomic E-state index is 12.1. The summed E-state index contributed by atoms with van der Waals surface area (Å²) in [6, 6.07) is 6.13. The smallest absolute Gasteiger partial charge is 0.315 e. The van der Waals surface area contributed by atoms with E-state index in [4.69, 9.17) is 9.47 Å². The van der Waals surface area contributed by atoms with Gasteiger partial charge in [-0.05, 0) is 42.9 Å². The summed E-state index contributed by atoms with van der Waals surface area (Å²) in [5, 5.41) is 6.05. The summed E-state index contributed by atoms with van der Waals surface area (Å²) in [5.41, 5.74) is 1.13. The number of amides is 2. The molecule has 1 aromatic rings. The topological polar surface area (TPSA) is 62.8 Å². The van der Waals surface area contributed by atoms with Crippen LogP contribution in [-0.2, 0) is 6.42 Å². The number of piperidine rings is 1. The van der Waals surface area contributed by atoms with E-state index in [9.17, 15) is 4.79 Å². The Labute approximate surface area is 149 Å². The number of likely N-dealkylation sites (tertiary alicyclic amines) is 1. The SMILES string of the molecule is CC(C)CN1CCC(NC(=O)NCCc2ccc3c(c2)OCO3)CC1. The molecule has 2 heterocycles. The summed E-state index contributed by atoms with van der Waals surface area (Å²) in [5.74, 6) is 2.28. The number of nitrogens with one attached hydrogen (secondary N) is 2. The molecule has 0 spiro atoms. The van der Waals surface area contributed by atoms with Crippen molar-refractivity contribution < 1.29 is 14.3 Å². The van der Waals surface area contributed by atoms with Crippen LogP contribution in [0.2, 0.25) is 0 Å². The molecular formula is C19H29N3O3. The number of fused-ring (bicyclic) bond motifs is 1. The second-order valence-electron chi connectivity index (χ2n) is 7.31. The predicted octanol–water partition coefficient (Wildman–Crippen LogP) is 2.38. The number of nitrogens with zero attached hydrogens (tertiary/aromatic N) is 1. The second kappa shape index (κ2) is 8.43. The Morgan fingerprint density at radius 1 is 1.24 bits per heavy atom. The van der Waals surface area contributed by atoms with Gasteiger partial charge >= 0.3 is 6.03 Å². The standard InChI is InChI=1S/C19H29N3O3/c1-14(2)12-22-9-6-16(7-10-22)21-19(23)20-8-5-15-3-4-17-18(11-15)25-13-24-17/h3-4,11,14,16H,5-10,12-13H2,1-2H3,(H2,20,21,23). The molecule has 2 amide bonds. The number of urea groups is 1. The maximum absolute atomic E-state index is 12.1. The Kier molecular flexibility index (Phi) is 6.02. The Hall–Kier alpha value is -1.95. The fourth-order valence-corrected chi connectivity index (χ4v) is 3.43. The highest BCUT2D eigenvalue weighted by Crippen LogP contribution is 2.32. The first-order valence-electron chi connectivity index (χ1n) is 9.25. The first kappa shape index (κ1) is 17.9. The van der Waals surface area contributed by atoms with Gasteiger partial charge in [-0.15, -0.1) is 0 Å². The molecule has 1 fully saturated rings. The fourth-order valence-electron chi connectivity index (χ4n) is 3.43. The van der Waals surface area contributed by atoms with E-state index in [0.717, 1.165) is 56.0 Å². The zero-order valence-electron chi connectivity index (χ0n) is 15.2. The summed E-state index contributed by atoms with van der Waals surface area (Å²) in [6.45, 7) is 8.68. The molecule has 1 aromatic carbocycles. The third kappa shape index (κ3) is 5.26. The molecule has 0 bridgehead atoms. The second-order valence-corrected chi connectivity index (χ2v) is 7.31. The summed E-state index contributed by atoms with van der Waals surface area (Å²) >= 11 is 0. The molecule has 2 aliphatic rings. The zero-order valence-corrected chi connectivity index (χ0v) is 15.2. The van der Waals surface area contributed by atoms with Crippen molar-refractivity contribution >= 4 is 6.03 Å². The molecule has 1 saturated heterocycles. The van der Waals surface area contributed by atoms with Gasteiger partial charge in [0.25, 0.3) is 0 Å².